The topological polar surface area (TPSA) is 59.4 Å². The van der Waals surface area contributed by atoms with Gasteiger partial charge in [0.1, 0.15) is 10.9 Å². The van der Waals surface area contributed by atoms with E-state index in [9.17, 15) is 4.79 Å². The Morgan fingerprint density at radius 1 is 1.39 bits per heavy atom. The first-order chi connectivity index (χ1) is 8.61. The molecular weight excluding hydrogens is 254 g/mol. The molecule has 0 saturated carbocycles. The number of hydrogen-bond acceptors (Lipinski definition) is 3. The molecule has 1 aromatic carbocycles. The van der Waals surface area contributed by atoms with Crippen molar-refractivity contribution in [3.8, 4) is 16.9 Å². The number of carbonyl (C=O) groups is 1. The van der Waals surface area contributed by atoms with E-state index in [0.29, 0.717) is 11.3 Å². The summed E-state index contributed by atoms with van der Waals surface area (Å²) in [5.74, 6) is -0.393. The van der Waals surface area contributed by atoms with Gasteiger partial charge in [0, 0.05) is 11.8 Å². The number of aromatic nitrogens is 1. The fourth-order valence-corrected chi connectivity index (χ4v) is 1.79. The summed E-state index contributed by atoms with van der Waals surface area (Å²) < 4.78 is 5.11. The fraction of sp³-hybridized carbons (Fsp3) is 0.0769. The number of pyridine rings is 1. The maximum absolute atomic E-state index is 11.2. The van der Waals surface area contributed by atoms with Crippen molar-refractivity contribution in [2.75, 3.05) is 7.11 Å². The summed E-state index contributed by atoms with van der Waals surface area (Å²) in [6.45, 7) is 0. The number of methoxy groups -OCH3 is 1. The van der Waals surface area contributed by atoms with Crippen molar-refractivity contribution >= 4 is 17.6 Å². The van der Waals surface area contributed by atoms with Crippen LogP contribution in [-0.4, -0.2) is 23.2 Å². The fourth-order valence-electron chi connectivity index (χ4n) is 1.63. The Bertz CT molecular complexity index is 599. The number of carboxylic acids is 1. The van der Waals surface area contributed by atoms with E-state index in [1.807, 2.05) is 0 Å². The monoisotopic (exact) mass is 263 g/mol. The van der Waals surface area contributed by atoms with Crippen LogP contribution in [0, 0.1) is 0 Å². The Morgan fingerprint density at radius 3 is 2.83 bits per heavy atom. The molecule has 5 heteroatoms. The van der Waals surface area contributed by atoms with Crippen molar-refractivity contribution in [3.05, 3.63) is 47.2 Å². The van der Waals surface area contributed by atoms with Gasteiger partial charge in [-0.25, -0.2) is 9.78 Å². The van der Waals surface area contributed by atoms with Crippen LogP contribution in [-0.2, 0) is 0 Å². The van der Waals surface area contributed by atoms with Gasteiger partial charge in [0.25, 0.3) is 0 Å². The molecule has 1 heterocycles. The molecule has 4 nitrogen and oxygen atoms in total. The van der Waals surface area contributed by atoms with Gasteiger partial charge in [-0.05, 0) is 23.8 Å². The van der Waals surface area contributed by atoms with Crippen LogP contribution in [0.25, 0.3) is 11.1 Å². The van der Waals surface area contributed by atoms with E-state index >= 15 is 0 Å². The van der Waals surface area contributed by atoms with E-state index < -0.39 is 5.97 Å². The maximum Gasteiger partial charge on any atom is 0.336 e. The number of nitrogens with zero attached hydrogens (tertiary/aromatic N) is 1. The molecule has 0 aliphatic carbocycles. The largest absolute Gasteiger partial charge is 0.497 e. The van der Waals surface area contributed by atoms with E-state index in [1.165, 1.54) is 12.3 Å². The quantitative estimate of drug-likeness (QED) is 0.865. The molecule has 0 spiro atoms. The van der Waals surface area contributed by atoms with Gasteiger partial charge in [0.15, 0.2) is 0 Å². The minimum Gasteiger partial charge on any atom is -0.497 e. The van der Waals surface area contributed by atoms with Crippen LogP contribution in [0.1, 0.15) is 10.4 Å². The summed E-state index contributed by atoms with van der Waals surface area (Å²) in [4.78, 5) is 15.1. The zero-order chi connectivity index (χ0) is 13.1. The molecule has 0 aliphatic heterocycles. The average Bonchev–Trinajstić information content (AvgIpc) is 2.38. The Labute approximate surface area is 109 Å². The van der Waals surface area contributed by atoms with Crippen LogP contribution in [0.15, 0.2) is 36.5 Å². The zero-order valence-corrected chi connectivity index (χ0v) is 10.3. The highest BCUT2D eigenvalue weighted by Crippen LogP contribution is 2.27. The molecule has 0 atom stereocenters. The number of benzene rings is 1. The molecule has 0 amide bonds. The van der Waals surface area contributed by atoms with Gasteiger partial charge < -0.3 is 9.84 Å². The lowest BCUT2D eigenvalue weighted by molar-refractivity contribution is 0.0697. The van der Waals surface area contributed by atoms with Crippen LogP contribution in [0.3, 0.4) is 0 Å². The Hall–Kier alpha value is -2.07. The Balaban J connectivity index is 2.59. The van der Waals surface area contributed by atoms with Gasteiger partial charge in [-0.2, -0.15) is 0 Å². The van der Waals surface area contributed by atoms with E-state index in [-0.39, 0.29) is 10.7 Å². The van der Waals surface area contributed by atoms with Crippen molar-refractivity contribution < 1.29 is 14.6 Å². The lowest BCUT2D eigenvalue weighted by Crippen LogP contribution is -2.00. The lowest BCUT2D eigenvalue weighted by Gasteiger charge is -2.07. The molecule has 2 aromatic rings. The van der Waals surface area contributed by atoms with Crippen LogP contribution in [0.5, 0.6) is 5.75 Å². The molecule has 1 aromatic heterocycles. The molecule has 0 saturated heterocycles. The van der Waals surface area contributed by atoms with Gasteiger partial charge in [0.2, 0.25) is 0 Å². The normalized spacial score (nSPS) is 10.1. The number of ether oxygens (including phenoxy) is 1. The Kier molecular flexibility index (Phi) is 3.48. The summed E-state index contributed by atoms with van der Waals surface area (Å²) in [6, 6.07) is 8.44. The van der Waals surface area contributed by atoms with Crippen molar-refractivity contribution in [2.24, 2.45) is 0 Å². The van der Waals surface area contributed by atoms with Crippen molar-refractivity contribution in [2.45, 2.75) is 0 Å². The zero-order valence-electron chi connectivity index (χ0n) is 9.55. The van der Waals surface area contributed by atoms with Crippen LogP contribution in [0.2, 0.25) is 5.15 Å². The second-order valence-electron chi connectivity index (χ2n) is 3.59. The minimum atomic E-state index is -1.04. The second-order valence-corrected chi connectivity index (χ2v) is 3.98. The van der Waals surface area contributed by atoms with Crippen LogP contribution >= 0.6 is 11.6 Å². The van der Waals surface area contributed by atoms with Gasteiger partial charge in [-0.3, -0.25) is 0 Å². The predicted molar refractivity (Wildman–Crippen MR) is 68.2 cm³/mol. The first-order valence-corrected chi connectivity index (χ1v) is 5.53. The number of aromatic carboxylic acids is 1. The van der Waals surface area contributed by atoms with Crippen molar-refractivity contribution in [1.82, 2.24) is 4.98 Å². The second kappa shape index (κ2) is 5.06. The smallest absolute Gasteiger partial charge is 0.336 e. The third kappa shape index (κ3) is 2.43. The van der Waals surface area contributed by atoms with Crippen molar-refractivity contribution in [3.63, 3.8) is 0 Å². The van der Waals surface area contributed by atoms with Crippen molar-refractivity contribution in [1.29, 1.82) is 0 Å². The van der Waals surface area contributed by atoms with Crippen LogP contribution < -0.4 is 4.74 Å². The highest BCUT2D eigenvalue weighted by atomic mass is 35.5. The summed E-state index contributed by atoms with van der Waals surface area (Å²) >= 11 is 5.71. The summed E-state index contributed by atoms with van der Waals surface area (Å²) in [7, 11) is 1.55. The molecule has 2 rings (SSSR count). The third-order valence-corrected chi connectivity index (χ3v) is 2.69. The number of hydrogen-bond donors (Lipinski definition) is 1. The summed E-state index contributed by atoms with van der Waals surface area (Å²) in [5.41, 5.74) is 1.34. The molecule has 18 heavy (non-hydrogen) atoms. The summed E-state index contributed by atoms with van der Waals surface area (Å²) in [5, 5.41) is 9.31. The highest BCUT2D eigenvalue weighted by Gasteiger charge is 2.13. The number of rotatable bonds is 3. The van der Waals surface area contributed by atoms with Gasteiger partial charge in [-0.1, -0.05) is 23.7 Å². The third-order valence-electron chi connectivity index (χ3n) is 2.48. The maximum atomic E-state index is 11.2. The molecule has 0 radical (unpaired) electrons. The van der Waals surface area contributed by atoms with E-state index in [0.717, 1.165) is 5.56 Å². The number of halogens is 1. The highest BCUT2D eigenvalue weighted by molar-refractivity contribution is 6.29. The van der Waals surface area contributed by atoms with E-state index in [2.05, 4.69) is 4.98 Å². The lowest BCUT2D eigenvalue weighted by atomic mass is 10.0. The van der Waals surface area contributed by atoms with E-state index in [4.69, 9.17) is 21.4 Å². The molecule has 0 bridgehead atoms. The van der Waals surface area contributed by atoms with E-state index in [1.54, 1.807) is 31.4 Å². The summed E-state index contributed by atoms with van der Waals surface area (Å²) in [6.07, 6.45) is 1.44. The van der Waals surface area contributed by atoms with Gasteiger partial charge in [0.05, 0.1) is 12.7 Å². The molecule has 0 unspecified atom stereocenters. The minimum absolute atomic E-state index is 0.114. The van der Waals surface area contributed by atoms with Gasteiger partial charge >= 0.3 is 5.97 Å². The molecule has 92 valence electrons. The first kappa shape index (κ1) is 12.4. The van der Waals surface area contributed by atoms with Crippen LogP contribution in [0.4, 0.5) is 0 Å². The SMILES string of the molecule is COc1cccc(-c2cnc(Cl)cc2C(=O)O)c1. The van der Waals surface area contributed by atoms with Gasteiger partial charge in [-0.15, -0.1) is 0 Å². The predicted octanol–water partition coefficient (Wildman–Crippen LogP) is 3.11. The molecule has 0 fully saturated rings. The molecular formula is C13H10ClNO3. The molecule has 1 N–H and O–H groups in total. The average molecular weight is 264 g/mol. The number of carboxylic acid groups (broad SMARTS) is 1. The standard InChI is InChI=1S/C13H10ClNO3/c1-18-9-4-2-3-8(5-9)11-7-15-12(14)6-10(11)13(16)17/h2-7H,1H3,(H,16,17). The Morgan fingerprint density at radius 2 is 2.17 bits per heavy atom. The molecule has 0 aliphatic rings. The first-order valence-electron chi connectivity index (χ1n) is 5.15.